The van der Waals surface area contributed by atoms with Crippen LogP contribution in [0, 0.1) is 0 Å². The Kier molecular flexibility index (Phi) is 9.80. The van der Waals surface area contributed by atoms with Crippen molar-refractivity contribution >= 4 is 14.1 Å². The van der Waals surface area contributed by atoms with Gasteiger partial charge in [-0.05, 0) is 32.4 Å². The van der Waals surface area contributed by atoms with E-state index in [1.54, 1.807) is 30.3 Å². The zero-order valence-electron chi connectivity index (χ0n) is 20.7. The lowest BCUT2D eigenvalue weighted by atomic mass is 9.98. The molecule has 0 amide bonds. The van der Waals surface area contributed by atoms with Crippen LogP contribution in [0.15, 0.2) is 52.2 Å². The molecule has 2 N–H and O–H groups in total. The first kappa shape index (κ1) is 28.7. The molecule has 2 heterocycles. The molecule has 0 saturated carbocycles. The molecule has 0 radical (unpaired) electrons. The highest BCUT2D eigenvalue weighted by molar-refractivity contribution is 7.36. The zero-order chi connectivity index (χ0) is 27.2. The second kappa shape index (κ2) is 12.6. The number of carbonyl (C=O) groups is 1. The molecule has 1 aliphatic heterocycles. The van der Waals surface area contributed by atoms with Gasteiger partial charge in [-0.2, -0.15) is 0 Å². The van der Waals surface area contributed by atoms with Gasteiger partial charge in [0.05, 0.1) is 13.2 Å². The molecule has 1 fully saturated rings. The molecule has 12 nitrogen and oxygen atoms in total. The number of hydroxylamine groups is 1. The number of nitrogens with one attached hydrogen (secondary N) is 1. The van der Waals surface area contributed by atoms with Gasteiger partial charge in [0.2, 0.25) is 0 Å². The minimum Gasteiger partial charge on any atom is -0.464 e. The number of carbonyl (C=O) groups excluding carboxylic acids is 1. The van der Waals surface area contributed by atoms with Crippen LogP contribution in [0.1, 0.15) is 39.8 Å². The highest BCUT2D eigenvalue weighted by Gasteiger charge is 2.55. The molecule has 1 unspecified atom stereocenters. The summed E-state index contributed by atoms with van der Waals surface area (Å²) in [5.41, 5.74) is -4.07. The fourth-order valence-corrected chi connectivity index (χ4v) is 4.64. The van der Waals surface area contributed by atoms with Gasteiger partial charge in [-0.15, -0.1) is 0 Å². The summed E-state index contributed by atoms with van der Waals surface area (Å²) in [5, 5.41) is 10.6. The van der Waals surface area contributed by atoms with E-state index < -0.39 is 62.2 Å². The molecule has 2 aromatic rings. The number of nitrogens with zero attached hydrogens (tertiary/aromatic N) is 2. The fraction of sp³-hybridized carbons (Fsp3) is 0.522. The van der Waals surface area contributed by atoms with Crippen LogP contribution in [0.5, 0.6) is 5.75 Å². The number of H-pyrrole nitrogens is 1. The predicted octanol–water partition coefficient (Wildman–Crippen LogP) is 1.96. The van der Waals surface area contributed by atoms with Crippen molar-refractivity contribution in [2.45, 2.75) is 63.8 Å². The Bertz CT molecular complexity index is 1190. The van der Waals surface area contributed by atoms with Gasteiger partial charge in [0.15, 0.2) is 11.9 Å². The Hall–Kier alpha value is -2.83. The number of aromatic amines is 1. The molecule has 204 valence electrons. The maximum Gasteiger partial charge on any atom is 0.331 e. The van der Waals surface area contributed by atoms with E-state index in [0.717, 1.165) is 35.0 Å². The topological polar surface area (TPSA) is 149 Å². The Morgan fingerprint density at radius 1 is 1.32 bits per heavy atom. The highest BCUT2D eigenvalue weighted by Crippen LogP contribution is 2.41. The summed E-state index contributed by atoms with van der Waals surface area (Å²) < 4.78 is 45.6. The lowest BCUT2D eigenvalue weighted by Gasteiger charge is -2.27. The summed E-state index contributed by atoms with van der Waals surface area (Å²) in [6.45, 7) is 3.98. The third-order valence-electron chi connectivity index (χ3n) is 5.76. The monoisotopic (exact) mass is 543 g/mol. The SMILES string of the molecule is CCCCOC(=O)[C@@H](C)N(OC[C@H]1O[C@@H](n2ccc(=O)[nH]c2=O)[C@](C)(F)[C@@H]1O)[PH](=O)Oc1ccccc1. The van der Waals surface area contributed by atoms with Crippen LogP contribution < -0.4 is 15.8 Å². The molecule has 14 heteroatoms. The van der Waals surface area contributed by atoms with Crippen molar-refractivity contribution in [2.24, 2.45) is 0 Å². The number of alkyl halides is 1. The molecule has 1 aliphatic rings. The second-order valence-corrected chi connectivity index (χ2v) is 9.82. The van der Waals surface area contributed by atoms with Crippen molar-refractivity contribution in [3.05, 3.63) is 63.4 Å². The minimum absolute atomic E-state index is 0.161. The smallest absolute Gasteiger partial charge is 0.331 e. The van der Waals surface area contributed by atoms with Crippen molar-refractivity contribution in [2.75, 3.05) is 13.2 Å². The molecule has 1 aromatic heterocycles. The van der Waals surface area contributed by atoms with Crippen LogP contribution in [0.4, 0.5) is 4.39 Å². The van der Waals surface area contributed by atoms with Crippen LogP contribution >= 0.6 is 8.18 Å². The Balaban J connectivity index is 1.77. The molecule has 6 atom stereocenters. The summed E-state index contributed by atoms with van der Waals surface area (Å²) in [6, 6.07) is 8.04. The first-order chi connectivity index (χ1) is 17.6. The Morgan fingerprint density at radius 2 is 2.03 bits per heavy atom. The van der Waals surface area contributed by atoms with Crippen LogP contribution in [0.3, 0.4) is 0 Å². The minimum atomic E-state index is -3.23. The van der Waals surface area contributed by atoms with Crippen molar-refractivity contribution in [1.82, 2.24) is 14.4 Å². The number of benzene rings is 1. The second-order valence-electron chi connectivity index (χ2n) is 8.64. The number of aliphatic hydroxyl groups excluding tert-OH is 1. The summed E-state index contributed by atoms with van der Waals surface area (Å²) in [5.74, 6) is -0.457. The summed E-state index contributed by atoms with van der Waals surface area (Å²) in [4.78, 5) is 44.5. The summed E-state index contributed by atoms with van der Waals surface area (Å²) >= 11 is 0. The van der Waals surface area contributed by atoms with E-state index in [-0.39, 0.29) is 12.4 Å². The molecule has 37 heavy (non-hydrogen) atoms. The van der Waals surface area contributed by atoms with Gasteiger partial charge in [0, 0.05) is 12.3 Å². The third-order valence-corrected chi connectivity index (χ3v) is 7.05. The normalized spacial score (nSPS) is 25.1. The molecule has 0 bridgehead atoms. The van der Waals surface area contributed by atoms with Gasteiger partial charge in [0.25, 0.3) is 5.56 Å². The van der Waals surface area contributed by atoms with Crippen molar-refractivity contribution in [1.29, 1.82) is 0 Å². The number of esters is 1. The lowest BCUT2D eigenvalue weighted by Crippen LogP contribution is -2.44. The van der Waals surface area contributed by atoms with E-state index in [4.69, 9.17) is 18.8 Å². The largest absolute Gasteiger partial charge is 0.464 e. The average Bonchev–Trinajstić information content (AvgIpc) is 3.08. The standard InChI is InChI=1S/C23H31FN3O9P/c1-4-5-13-33-20(30)15(2)27(37(32)36-16-9-7-6-8-10-16)34-14-17-19(29)23(3,24)21(35-17)26-12-11-18(28)25-22(26)31/h6-12,15,17,19,21,29,37H,4-5,13-14H2,1-3H3,(H,25,28,31)/t15-,17-,19-,21-,23-/m1/s1. The quantitative estimate of drug-likeness (QED) is 0.176. The van der Waals surface area contributed by atoms with Crippen molar-refractivity contribution in [3.63, 3.8) is 0 Å². The van der Waals surface area contributed by atoms with E-state index >= 15 is 4.39 Å². The number of rotatable bonds is 12. The van der Waals surface area contributed by atoms with Crippen molar-refractivity contribution in [3.8, 4) is 5.75 Å². The van der Waals surface area contributed by atoms with Gasteiger partial charge in [-0.3, -0.25) is 28.5 Å². The third kappa shape index (κ3) is 6.93. The molecule has 3 rings (SSSR count). The van der Waals surface area contributed by atoms with E-state index in [9.17, 15) is 24.1 Å². The first-order valence-corrected chi connectivity index (χ1v) is 13.0. The maximum atomic E-state index is 15.5. The van der Waals surface area contributed by atoms with Crippen LogP contribution in [-0.4, -0.2) is 62.6 Å². The highest BCUT2D eigenvalue weighted by atomic mass is 31.1. The van der Waals surface area contributed by atoms with E-state index in [0.29, 0.717) is 6.42 Å². The molecule has 1 saturated heterocycles. The summed E-state index contributed by atoms with van der Waals surface area (Å²) in [7, 11) is -3.23. The molecule has 0 aliphatic carbocycles. The Morgan fingerprint density at radius 3 is 2.68 bits per heavy atom. The van der Waals surface area contributed by atoms with Crippen molar-refractivity contribution < 1.29 is 37.7 Å². The molecule has 1 aromatic carbocycles. The van der Waals surface area contributed by atoms with Crippen LogP contribution in [-0.2, 0) is 23.7 Å². The Labute approximate surface area is 212 Å². The van der Waals surface area contributed by atoms with Gasteiger partial charge >= 0.3 is 19.8 Å². The van der Waals surface area contributed by atoms with Gasteiger partial charge < -0.3 is 19.1 Å². The number of halogens is 1. The number of para-hydroxylation sites is 1. The van der Waals surface area contributed by atoms with Crippen LogP contribution in [0.2, 0.25) is 0 Å². The van der Waals surface area contributed by atoms with Gasteiger partial charge in [-0.25, -0.2) is 9.18 Å². The van der Waals surface area contributed by atoms with E-state index in [1.807, 2.05) is 11.9 Å². The maximum absolute atomic E-state index is 15.5. The number of ether oxygens (including phenoxy) is 2. The van der Waals surface area contributed by atoms with E-state index in [1.165, 1.54) is 6.92 Å². The molecular formula is C23H31FN3O9P. The number of unbranched alkanes of at least 4 members (excludes halogenated alkanes) is 1. The van der Waals surface area contributed by atoms with E-state index in [2.05, 4.69) is 0 Å². The summed E-state index contributed by atoms with van der Waals surface area (Å²) in [6.07, 6.45) is -2.22. The zero-order valence-corrected chi connectivity index (χ0v) is 21.7. The lowest BCUT2D eigenvalue weighted by molar-refractivity contribution is -0.181. The average molecular weight is 543 g/mol. The van der Waals surface area contributed by atoms with Gasteiger partial charge in [-0.1, -0.05) is 36.4 Å². The number of aromatic nitrogens is 2. The number of hydrogen-bond donors (Lipinski definition) is 2. The van der Waals surface area contributed by atoms with Gasteiger partial charge in [0.1, 0.15) is 24.0 Å². The molecule has 0 spiro atoms. The van der Waals surface area contributed by atoms with Crippen LogP contribution in [0.25, 0.3) is 0 Å². The predicted molar refractivity (Wildman–Crippen MR) is 130 cm³/mol. The molecular weight excluding hydrogens is 512 g/mol. The fourth-order valence-electron chi connectivity index (χ4n) is 3.61. The number of aliphatic hydroxyl groups is 1. The first-order valence-electron chi connectivity index (χ1n) is 11.8. The number of hydrogen-bond acceptors (Lipinski definition) is 9.